The molecule has 4 heteroatoms. The van der Waals surface area contributed by atoms with Crippen molar-refractivity contribution in [2.45, 2.75) is 6.92 Å². The first-order chi connectivity index (χ1) is 7.33. The van der Waals surface area contributed by atoms with Crippen LogP contribution < -0.4 is 9.47 Å². The summed E-state index contributed by atoms with van der Waals surface area (Å²) in [5.41, 5.74) is 0.378. The van der Waals surface area contributed by atoms with Gasteiger partial charge in [0.2, 0.25) is 0 Å². The maximum atomic E-state index is 10.7. The molecule has 0 N–H and O–H groups in total. The van der Waals surface area contributed by atoms with Gasteiger partial charge in [0, 0.05) is 0 Å². The minimum atomic E-state index is -0.0923. The Morgan fingerprint density at radius 2 is 2.07 bits per heavy atom. The van der Waals surface area contributed by atoms with Crippen LogP contribution >= 0.6 is 0 Å². The Kier molecular flexibility index (Phi) is 4.34. The van der Waals surface area contributed by atoms with Crippen LogP contribution in [0.5, 0.6) is 11.5 Å². The third kappa shape index (κ3) is 2.80. The van der Waals surface area contributed by atoms with E-state index in [0.29, 0.717) is 36.2 Å². The van der Waals surface area contributed by atoms with Crippen LogP contribution in [0, 0.1) is 0 Å². The Morgan fingerprint density at radius 3 is 2.67 bits per heavy atom. The molecular weight excluding hydrogens is 196 g/mol. The van der Waals surface area contributed by atoms with Crippen molar-refractivity contribution in [2.24, 2.45) is 0 Å². The molecule has 1 aromatic carbocycles. The van der Waals surface area contributed by atoms with Crippen LogP contribution in [0.25, 0.3) is 0 Å². The number of carbonyl (C=O) groups is 2. The highest BCUT2D eigenvalue weighted by molar-refractivity contribution is 5.81. The van der Waals surface area contributed by atoms with Gasteiger partial charge in [-0.25, -0.2) is 0 Å². The number of benzene rings is 1. The summed E-state index contributed by atoms with van der Waals surface area (Å²) in [6.45, 7) is 2.21. The molecule has 0 aromatic heterocycles. The molecule has 1 aromatic rings. The standard InChI is InChI=1S/C11H12O4/c1-2-14-10-5-3-4-9(8-13)11(10)15-7-6-12/h3-6,8H,2,7H2,1H3. The summed E-state index contributed by atoms with van der Waals surface area (Å²) in [5.74, 6) is 0.797. The number of aldehydes is 2. The van der Waals surface area contributed by atoms with Gasteiger partial charge in [-0.1, -0.05) is 6.07 Å². The Morgan fingerprint density at radius 1 is 1.27 bits per heavy atom. The molecular formula is C11H12O4. The van der Waals surface area contributed by atoms with E-state index < -0.39 is 0 Å². The normalized spacial score (nSPS) is 9.40. The summed E-state index contributed by atoms with van der Waals surface area (Å²) in [4.78, 5) is 20.9. The Hall–Kier alpha value is -1.84. The second-order valence-electron chi connectivity index (χ2n) is 2.70. The Balaban J connectivity index is 3.02. The molecule has 0 spiro atoms. The first-order valence-electron chi connectivity index (χ1n) is 4.61. The van der Waals surface area contributed by atoms with Gasteiger partial charge >= 0.3 is 0 Å². The van der Waals surface area contributed by atoms with E-state index in [4.69, 9.17) is 9.47 Å². The van der Waals surface area contributed by atoms with Crippen molar-refractivity contribution in [3.05, 3.63) is 23.8 Å². The molecule has 80 valence electrons. The van der Waals surface area contributed by atoms with Crippen LogP contribution in [0.1, 0.15) is 17.3 Å². The van der Waals surface area contributed by atoms with Crippen molar-refractivity contribution < 1.29 is 19.1 Å². The zero-order chi connectivity index (χ0) is 11.1. The van der Waals surface area contributed by atoms with E-state index in [1.165, 1.54) is 0 Å². The van der Waals surface area contributed by atoms with E-state index in [-0.39, 0.29) is 6.61 Å². The highest BCUT2D eigenvalue weighted by Crippen LogP contribution is 2.30. The number of hydrogen-bond donors (Lipinski definition) is 0. The lowest BCUT2D eigenvalue weighted by molar-refractivity contribution is -0.109. The highest BCUT2D eigenvalue weighted by atomic mass is 16.5. The summed E-state index contributed by atoms with van der Waals surface area (Å²) >= 11 is 0. The van der Waals surface area contributed by atoms with Gasteiger partial charge in [0.15, 0.2) is 24.1 Å². The highest BCUT2D eigenvalue weighted by Gasteiger charge is 2.09. The summed E-state index contributed by atoms with van der Waals surface area (Å²) < 4.78 is 10.4. The predicted octanol–water partition coefficient (Wildman–Crippen LogP) is 1.48. The van der Waals surface area contributed by atoms with Crippen molar-refractivity contribution in [3.8, 4) is 11.5 Å². The first kappa shape index (κ1) is 11.2. The second kappa shape index (κ2) is 5.80. The molecule has 0 aliphatic heterocycles. The van der Waals surface area contributed by atoms with Crippen LogP contribution in [0.3, 0.4) is 0 Å². The minimum Gasteiger partial charge on any atom is -0.490 e. The van der Waals surface area contributed by atoms with Gasteiger partial charge in [0.25, 0.3) is 0 Å². The maximum absolute atomic E-state index is 10.7. The van der Waals surface area contributed by atoms with Gasteiger partial charge < -0.3 is 9.47 Å². The van der Waals surface area contributed by atoms with E-state index in [1.807, 2.05) is 6.92 Å². The summed E-state index contributed by atoms with van der Waals surface area (Å²) in [6.07, 6.45) is 1.29. The lowest BCUT2D eigenvalue weighted by atomic mass is 10.2. The van der Waals surface area contributed by atoms with Gasteiger partial charge in [-0.2, -0.15) is 0 Å². The summed E-state index contributed by atoms with van der Waals surface area (Å²) in [7, 11) is 0. The molecule has 15 heavy (non-hydrogen) atoms. The number of para-hydroxylation sites is 1. The van der Waals surface area contributed by atoms with Crippen LogP contribution in [0.15, 0.2) is 18.2 Å². The molecule has 0 aliphatic rings. The van der Waals surface area contributed by atoms with E-state index in [9.17, 15) is 9.59 Å². The van der Waals surface area contributed by atoms with E-state index in [0.717, 1.165) is 0 Å². The molecule has 0 fully saturated rings. The zero-order valence-electron chi connectivity index (χ0n) is 8.43. The first-order valence-corrected chi connectivity index (χ1v) is 4.61. The van der Waals surface area contributed by atoms with Gasteiger partial charge in [-0.3, -0.25) is 9.59 Å². The summed E-state index contributed by atoms with van der Waals surface area (Å²) in [5, 5.41) is 0. The molecule has 1 rings (SSSR count). The fourth-order valence-electron chi connectivity index (χ4n) is 1.17. The predicted molar refractivity (Wildman–Crippen MR) is 54.6 cm³/mol. The number of rotatable bonds is 6. The SMILES string of the molecule is CCOc1cccc(C=O)c1OCC=O. The van der Waals surface area contributed by atoms with Gasteiger partial charge in [-0.15, -0.1) is 0 Å². The minimum absolute atomic E-state index is 0.0923. The third-order valence-corrected chi connectivity index (χ3v) is 1.73. The van der Waals surface area contributed by atoms with Crippen molar-refractivity contribution in [3.63, 3.8) is 0 Å². The fourth-order valence-corrected chi connectivity index (χ4v) is 1.17. The molecule has 4 nitrogen and oxygen atoms in total. The fraction of sp³-hybridized carbons (Fsp3) is 0.273. The van der Waals surface area contributed by atoms with Crippen LogP contribution in [-0.2, 0) is 4.79 Å². The topological polar surface area (TPSA) is 52.6 Å². The van der Waals surface area contributed by atoms with E-state index >= 15 is 0 Å². The summed E-state index contributed by atoms with van der Waals surface area (Å²) in [6, 6.07) is 4.99. The van der Waals surface area contributed by atoms with Gasteiger partial charge in [0.05, 0.1) is 12.2 Å². The van der Waals surface area contributed by atoms with E-state index in [1.54, 1.807) is 18.2 Å². The molecule has 0 saturated carbocycles. The average molecular weight is 208 g/mol. The molecule has 0 radical (unpaired) electrons. The zero-order valence-corrected chi connectivity index (χ0v) is 8.43. The largest absolute Gasteiger partial charge is 0.490 e. The molecule has 0 unspecified atom stereocenters. The van der Waals surface area contributed by atoms with Crippen LogP contribution in [-0.4, -0.2) is 25.8 Å². The second-order valence-corrected chi connectivity index (χ2v) is 2.70. The van der Waals surface area contributed by atoms with Crippen molar-refractivity contribution in [1.82, 2.24) is 0 Å². The monoisotopic (exact) mass is 208 g/mol. The number of ether oxygens (including phenoxy) is 2. The molecule has 0 bridgehead atoms. The van der Waals surface area contributed by atoms with Crippen molar-refractivity contribution >= 4 is 12.6 Å². The number of hydrogen-bond acceptors (Lipinski definition) is 4. The Labute approximate surface area is 87.8 Å². The third-order valence-electron chi connectivity index (χ3n) is 1.73. The average Bonchev–Trinajstić information content (AvgIpc) is 2.27. The molecule has 0 atom stereocenters. The lowest BCUT2D eigenvalue weighted by Gasteiger charge is -2.11. The maximum Gasteiger partial charge on any atom is 0.172 e. The quantitative estimate of drug-likeness (QED) is 0.664. The molecule has 0 aliphatic carbocycles. The van der Waals surface area contributed by atoms with Crippen LogP contribution in [0.2, 0.25) is 0 Å². The van der Waals surface area contributed by atoms with Crippen molar-refractivity contribution in [2.75, 3.05) is 13.2 Å². The van der Waals surface area contributed by atoms with Crippen LogP contribution in [0.4, 0.5) is 0 Å². The van der Waals surface area contributed by atoms with E-state index in [2.05, 4.69) is 0 Å². The van der Waals surface area contributed by atoms with Crippen molar-refractivity contribution in [1.29, 1.82) is 0 Å². The van der Waals surface area contributed by atoms with Gasteiger partial charge in [-0.05, 0) is 19.1 Å². The smallest absolute Gasteiger partial charge is 0.172 e. The Bertz CT molecular complexity index is 346. The molecule has 0 saturated heterocycles. The molecule has 0 amide bonds. The lowest BCUT2D eigenvalue weighted by Crippen LogP contribution is -2.03. The molecule has 0 heterocycles. The van der Waals surface area contributed by atoms with Gasteiger partial charge in [0.1, 0.15) is 6.61 Å². The number of carbonyl (C=O) groups excluding carboxylic acids is 2.